The van der Waals surface area contributed by atoms with Crippen LogP contribution in [0.4, 0.5) is 5.13 Å². The van der Waals surface area contributed by atoms with Crippen LogP contribution in [0, 0.1) is 13.8 Å². The summed E-state index contributed by atoms with van der Waals surface area (Å²) in [4.78, 5) is 33.6. The predicted molar refractivity (Wildman–Crippen MR) is 114 cm³/mol. The van der Waals surface area contributed by atoms with Crippen LogP contribution in [0.15, 0.2) is 47.4 Å². The summed E-state index contributed by atoms with van der Waals surface area (Å²) in [6.07, 6.45) is 0. The van der Waals surface area contributed by atoms with Crippen molar-refractivity contribution in [1.82, 2.24) is 4.98 Å². The van der Waals surface area contributed by atoms with E-state index in [4.69, 9.17) is 4.74 Å². The van der Waals surface area contributed by atoms with Gasteiger partial charge in [-0.3, -0.25) is 14.5 Å². The van der Waals surface area contributed by atoms with Gasteiger partial charge in [-0.25, -0.2) is 4.98 Å². The van der Waals surface area contributed by atoms with Crippen LogP contribution in [0.1, 0.15) is 27.1 Å². The number of rotatable bonds is 4. The number of aliphatic hydroxyl groups excluding tert-OH is 1. The fourth-order valence-electron chi connectivity index (χ4n) is 3.21. The third kappa shape index (κ3) is 3.24. The van der Waals surface area contributed by atoms with Gasteiger partial charge in [-0.15, -0.1) is 22.7 Å². The molecule has 1 aliphatic rings. The molecule has 29 heavy (non-hydrogen) atoms. The van der Waals surface area contributed by atoms with Gasteiger partial charge >= 0.3 is 5.91 Å². The number of hydrogen-bond donors (Lipinski definition) is 1. The molecule has 6 nitrogen and oxygen atoms in total. The van der Waals surface area contributed by atoms with E-state index in [0.717, 1.165) is 15.4 Å². The maximum Gasteiger partial charge on any atom is 0.301 e. The number of ether oxygens (including phenoxy) is 1. The van der Waals surface area contributed by atoms with Crippen molar-refractivity contribution in [1.29, 1.82) is 0 Å². The Morgan fingerprint density at radius 1 is 1.17 bits per heavy atom. The fourth-order valence-corrected chi connectivity index (χ4v) is 4.97. The molecular formula is C21H18N2O4S2. The summed E-state index contributed by atoms with van der Waals surface area (Å²) in [7, 11) is 1.55. The molecule has 1 fully saturated rings. The average Bonchev–Trinajstić information content (AvgIpc) is 3.42. The van der Waals surface area contributed by atoms with Crippen molar-refractivity contribution in [2.24, 2.45) is 0 Å². The summed E-state index contributed by atoms with van der Waals surface area (Å²) in [5, 5.41) is 13.3. The topological polar surface area (TPSA) is 79.7 Å². The van der Waals surface area contributed by atoms with E-state index in [0.29, 0.717) is 16.4 Å². The number of carbonyl (C=O) groups excluding carboxylic acids is 2. The van der Waals surface area contributed by atoms with Gasteiger partial charge in [0.15, 0.2) is 5.13 Å². The Labute approximate surface area is 175 Å². The average molecular weight is 427 g/mol. The molecule has 4 rings (SSSR count). The second kappa shape index (κ2) is 7.46. The SMILES string of the molecule is COc1ccc(/C(O)=C2\C(=O)C(=O)N(c3nc(C)c(C)s3)[C@@H]2c2cccs2)cc1. The summed E-state index contributed by atoms with van der Waals surface area (Å²) in [6.45, 7) is 3.79. The molecule has 148 valence electrons. The van der Waals surface area contributed by atoms with E-state index >= 15 is 0 Å². The minimum Gasteiger partial charge on any atom is -0.507 e. The van der Waals surface area contributed by atoms with Gasteiger partial charge in [0.2, 0.25) is 0 Å². The minimum atomic E-state index is -0.720. The Morgan fingerprint density at radius 2 is 1.90 bits per heavy atom. The van der Waals surface area contributed by atoms with Crippen LogP contribution in [0.3, 0.4) is 0 Å². The number of aryl methyl sites for hydroxylation is 2. The summed E-state index contributed by atoms with van der Waals surface area (Å²) >= 11 is 2.78. The van der Waals surface area contributed by atoms with E-state index in [1.54, 1.807) is 31.4 Å². The summed E-state index contributed by atoms with van der Waals surface area (Å²) in [5.74, 6) is -0.989. The number of hydrogen-bond acceptors (Lipinski definition) is 7. The summed E-state index contributed by atoms with van der Waals surface area (Å²) in [5.41, 5.74) is 1.32. The van der Waals surface area contributed by atoms with E-state index in [2.05, 4.69) is 4.98 Å². The number of benzene rings is 1. The van der Waals surface area contributed by atoms with E-state index < -0.39 is 17.7 Å². The molecule has 0 aliphatic carbocycles. The molecule has 0 unspecified atom stereocenters. The summed E-state index contributed by atoms with van der Waals surface area (Å²) < 4.78 is 5.15. The first-order chi connectivity index (χ1) is 13.9. The second-order valence-corrected chi connectivity index (χ2v) is 8.71. The lowest BCUT2D eigenvalue weighted by atomic mass is 10.00. The van der Waals surface area contributed by atoms with Gasteiger partial charge in [0.05, 0.1) is 18.4 Å². The number of amides is 1. The normalized spacial score (nSPS) is 18.4. The molecule has 1 atom stereocenters. The van der Waals surface area contributed by atoms with Crippen molar-refractivity contribution in [3.05, 3.63) is 68.4 Å². The molecule has 1 amide bonds. The molecule has 3 heterocycles. The monoisotopic (exact) mass is 426 g/mol. The molecule has 1 aliphatic heterocycles. The van der Waals surface area contributed by atoms with E-state index in [-0.39, 0.29) is 11.3 Å². The van der Waals surface area contributed by atoms with Gasteiger partial charge in [-0.2, -0.15) is 0 Å². The van der Waals surface area contributed by atoms with Crippen molar-refractivity contribution in [3.8, 4) is 5.75 Å². The maximum atomic E-state index is 13.0. The predicted octanol–water partition coefficient (Wildman–Crippen LogP) is 4.46. The number of nitrogens with zero attached hydrogens (tertiary/aromatic N) is 2. The number of thiazole rings is 1. The Bertz CT molecular complexity index is 1090. The van der Waals surface area contributed by atoms with Gasteiger partial charge in [0.25, 0.3) is 5.78 Å². The fraction of sp³-hybridized carbons (Fsp3) is 0.190. The lowest BCUT2D eigenvalue weighted by Gasteiger charge is -2.21. The van der Waals surface area contributed by atoms with E-state index in [1.807, 2.05) is 31.4 Å². The van der Waals surface area contributed by atoms with Crippen molar-refractivity contribution in [2.45, 2.75) is 19.9 Å². The smallest absolute Gasteiger partial charge is 0.301 e. The molecule has 0 saturated carbocycles. The largest absolute Gasteiger partial charge is 0.507 e. The Kier molecular flexibility index (Phi) is 4.97. The Hall–Kier alpha value is -2.97. The first-order valence-corrected chi connectivity index (χ1v) is 10.5. The van der Waals surface area contributed by atoms with Crippen molar-refractivity contribution in [2.75, 3.05) is 12.0 Å². The molecule has 2 aromatic heterocycles. The van der Waals surface area contributed by atoms with Crippen molar-refractivity contribution >= 4 is 45.3 Å². The number of aromatic nitrogens is 1. The minimum absolute atomic E-state index is 0.0631. The number of ketones is 1. The highest BCUT2D eigenvalue weighted by Gasteiger charge is 2.48. The van der Waals surface area contributed by atoms with Crippen LogP contribution < -0.4 is 9.64 Å². The highest BCUT2D eigenvalue weighted by Crippen LogP contribution is 2.44. The highest BCUT2D eigenvalue weighted by atomic mass is 32.1. The van der Waals surface area contributed by atoms with Crippen LogP contribution >= 0.6 is 22.7 Å². The lowest BCUT2D eigenvalue weighted by Crippen LogP contribution is -2.29. The van der Waals surface area contributed by atoms with E-state index in [9.17, 15) is 14.7 Å². The van der Waals surface area contributed by atoms with Gasteiger partial charge < -0.3 is 9.84 Å². The van der Waals surface area contributed by atoms with Crippen LogP contribution in [0.25, 0.3) is 5.76 Å². The zero-order valence-corrected chi connectivity index (χ0v) is 17.6. The Balaban J connectivity index is 1.89. The van der Waals surface area contributed by atoms with Crippen molar-refractivity contribution < 1.29 is 19.4 Å². The number of Topliss-reactive ketones (excluding diaryl/α,β-unsaturated/α-hetero) is 1. The van der Waals surface area contributed by atoms with Crippen LogP contribution in [0.2, 0.25) is 0 Å². The number of anilines is 1. The van der Waals surface area contributed by atoms with Gasteiger partial charge in [0, 0.05) is 15.3 Å². The molecule has 1 saturated heterocycles. The number of aliphatic hydroxyl groups is 1. The second-order valence-electron chi connectivity index (χ2n) is 6.55. The highest BCUT2D eigenvalue weighted by molar-refractivity contribution is 7.16. The molecule has 1 N–H and O–H groups in total. The van der Waals surface area contributed by atoms with Gasteiger partial charge in [0.1, 0.15) is 17.6 Å². The zero-order chi connectivity index (χ0) is 20.7. The maximum absolute atomic E-state index is 13.0. The summed E-state index contributed by atoms with van der Waals surface area (Å²) in [6, 6.07) is 9.68. The van der Waals surface area contributed by atoms with Crippen LogP contribution in [0.5, 0.6) is 5.75 Å². The van der Waals surface area contributed by atoms with Gasteiger partial charge in [-0.1, -0.05) is 6.07 Å². The molecule has 0 bridgehead atoms. The number of methoxy groups -OCH3 is 1. The first-order valence-electron chi connectivity index (χ1n) is 8.85. The number of thiophene rings is 1. The Morgan fingerprint density at radius 3 is 2.45 bits per heavy atom. The molecule has 0 radical (unpaired) electrons. The van der Waals surface area contributed by atoms with Gasteiger partial charge in [-0.05, 0) is 49.6 Å². The van der Waals surface area contributed by atoms with E-state index in [1.165, 1.54) is 27.6 Å². The molecule has 3 aromatic rings. The lowest BCUT2D eigenvalue weighted by molar-refractivity contribution is -0.132. The standard InChI is InChI=1S/C21H18N2O4S2/c1-11-12(2)29-21(22-11)23-17(15-5-4-10-28-15)16(19(25)20(23)26)18(24)13-6-8-14(27-3)9-7-13/h4-10,17,24H,1-3H3/b18-16+/t17-/m1/s1. The van der Waals surface area contributed by atoms with Crippen molar-refractivity contribution in [3.63, 3.8) is 0 Å². The van der Waals surface area contributed by atoms with Crippen LogP contribution in [-0.4, -0.2) is 28.9 Å². The third-order valence-corrected chi connectivity index (χ3v) is 6.84. The number of carbonyl (C=O) groups is 2. The molecule has 0 spiro atoms. The zero-order valence-electron chi connectivity index (χ0n) is 16.0. The molecular weight excluding hydrogens is 408 g/mol. The molecule has 8 heteroatoms. The quantitative estimate of drug-likeness (QED) is 0.379. The van der Waals surface area contributed by atoms with Crippen LogP contribution in [-0.2, 0) is 9.59 Å². The third-order valence-electron chi connectivity index (χ3n) is 4.84. The molecule has 1 aromatic carbocycles. The first kappa shape index (κ1) is 19.4.